The quantitative estimate of drug-likeness (QED) is 0.486. The number of para-hydroxylation sites is 1. The fourth-order valence-corrected chi connectivity index (χ4v) is 3.29. The average molecular weight is 410 g/mol. The van der Waals surface area contributed by atoms with Crippen LogP contribution in [0.3, 0.4) is 0 Å². The standard InChI is InChI=1S/C25H22N4O2/c1-17-8-6-10-19(14-17)24(30)28-23-22(16-26-29(23)21-12-4-3-5-13-21)25(31)27-20-11-7-9-18(2)15-20/h3-16H,1-2H3,(H,27,31)(H,28,30). The van der Waals surface area contributed by atoms with E-state index in [1.807, 2.05) is 80.6 Å². The van der Waals surface area contributed by atoms with Crippen LogP contribution >= 0.6 is 0 Å². The third kappa shape index (κ3) is 4.53. The number of nitrogens with zero attached hydrogens (tertiary/aromatic N) is 2. The lowest BCUT2D eigenvalue weighted by Crippen LogP contribution is -2.19. The maximum Gasteiger partial charge on any atom is 0.261 e. The number of anilines is 2. The number of hydrogen-bond donors (Lipinski definition) is 2. The van der Waals surface area contributed by atoms with Gasteiger partial charge in [-0.15, -0.1) is 0 Å². The van der Waals surface area contributed by atoms with Crippen LogP contribution in [0, 0.1) is 13.8 Å². The molecule has 3 aromatic carbocycles. The summed E-state index contributed by atoms with van der Waals surface area (Å²) in [6.45, 7) is 3.88. The summed E-state index contributed by atoms with van der Waals surface area (Å²) in [7, 11) is 0. The number of amides is 2. The minimum absolute atomic E-state index is 0.270. The van der Waals surface area contributed by atoms with Crippen LogP contribution < -0.4 is 10.6 Å². The number of benzene rings is 3. The first-order valence-electron chi connectivity index (χ1n) is 9.91. The molecule has 2 N–H and O–H groups in total. The summed E-state index contributed by atoms with van der Waals surface area (Å²) < 4.78 is 1.55. The molecule has 4 aromatic rings. The second-order valence-electron chi connectivity index (χ2n) is 7.30. The van der Waals surface area contributed by atoms with Crippen molar-refractivity contribution in [1.29, 1.82) is 0 Å². The molecular formula is C25H22N4O2. The van der Waals surface area contributed by atoms with E-state index in [4.69, 9.17) is 0 Å². The summed E-state index contributed by atoms with van der Waals surface area (Å²) in [4.78, 5) is 26.0. The molecule has 0 atom stereocenters. The van der Waals surface area contributed by atoms with E-state index in [9.17, 15) is 9.59 Å². The number of aromatic nitrogens is 2. The fraction of sp³-hybridized carbons (Fsp3) is 0.0800. The van der Waals surface area contributed by atoms with E-state index in [1.165, 1.54) is 6.20 Å². The normalized spacial score (nSPS) is 10.5. The van der Waals surface area contributed by atoms with Crippen LogP contribution in [0.2, 0.25) is 0 Å². The molecule has 6 nitrogen and oxygen atoms in total. The Morgan fingerprint density at radius 3 is 2.19 bits per heavy atom. The summed E-state index contributed by atoms with van der Waals surface area (Å²) in [5.74, 6) is -0.360. The maximum absolute atomic E-state index is 13.0. The van der Waals surface area contributed by atoms with Crippen LogP contribution in [-0.4, -0.2) is 21.6 Å². The molecule has 0 fully saturated rings. The zero-order valence-corrected chi connectivity index (χ0v) is 17.3. The third-order valence-corrected chi connectivity index (χ3v) is 4.80. The van der Waals surface area contributed by atoms with Gasteiger partial charge in [0, 0.05) is 11.3 Å². The van der Waals surface area contributed by atoms with Gasteiger partial charge in [-0.1, -0.05) is 48.0 Å². The third-order valence-electron chi connectivity index (χ3n) is 4.80. The van der Waals surface area contributed by atoms with Crippen molar-refractivity contribution in [2.75, 3.05) is 10.6 Å². The van der Waals surface area contributed by atoms with Crippen molar-refractivity contribution in [2.24, 2.45) is 0 Å². The Bertz CT molecular complexity index is 1250. The zero-order valence-electron chi connectivity index (χ0n) is 17.3. The summed E-state index contributed by atoms with van der Waals surface area (Å²) in [5.41, 5.74) is 4.19. The average Bonchev–Trinajstić information content (AvgIpc) is 3.18. The van der Waals surface area contributed by atoms with Crippen molar-refractivity contribution in [1.82, 2.24) is 9.78 Å². The topological polar surface area (TPSA) is 76.0 Å². The van der Waals surface area contributed by atoms with Gasteiger partial charge in [0.2, 0.25) is 0 Å². The Morgan fingerprint density at radius 1 is 0.774 bits per heavy atom. The minimum Gasteiger partial charge on any atom is -0.322 e. The number of rotatable bonds is 5. The molecule has 6 heteroatoms. The van der Waals surface area contributed by atoms with Crippen molar-refractivity contribution in [3.8, 4) is 5.69 Å². The lowest BCUT2D eigenvalue weighted by Gasteiger charge is -2.12. The van der Waals surface area contributed by atoms with Crippen molar-refractivity contribution in [2.45, 2.75) is 13.8 Å². The van der Waals surface area contributed by atoms with E-state index in [0.717, 1.165) is 16.8 Å². The molecule has 31 heavy (non-hydrogen) atoms. The molecule has 154 valence electrons. The Balaban J connectivity index is 1.71. The highest BCUT2D eigenvalue weighted by Crippen LogP contribution is 2.23. The van der Waals surface area contributed by atoms with Crippen LogP contribution in [0.5, 0.6) is 0 Å². The van der Waals surface area contributed by atoms with Gasteiger partial charge in [0.1, 0.15) is 11.4 Å². The van der Waals surface area contributed by atoms with Crippen LogP contribution in [0.4, 0.5) is 11.5 Å². The van der Waals surface area contributed by atoms with Crippen molar-refractivity contribution in [3.05, 3.63) is 107 Å². The Labute approximate surface area is 180 Å². The van der Waals surface area contributed by atoms with Gasteiger partial charge in [-0.05, 0) is 55.8 Å². The second kappa shape index (κ2) is 8.67. The van der Waals surface area contributed by atoms with E-state index in [2.05, 4.69) is 15.7 Å². The molecule has 0 spiro atoms. The molecule has 0 saturated heterocycles. The number of hydrogen-bond acceptors (Lipinski definition) is 3. The Morgan fingerprint density at radius 2 is 1.48 bits per heavy atom. The molecule has 1 aromatic heterocycles. The summed E-state index contributed by atoms with van der Waals surface area (Å²) in [6, 6.07) is 24.2. The van der Waals surface area contributed by atoms with Gasteiger partial charge in [-0.3, -0.25) is 9.59 Å². The smallest absolute Gasteiger partial charge is 0.261 e. The van der Waals surface area contributed by atoms with Gasteiger partial charge in [-0.25, -0.2) is 4.68 Å². The molecule has 1 heterocycles. The molecular weight excluding hydrogens is 388 g/mol. The van der Waals surface area contributed by atoms with Crippen molar-refractivity contribution in [3.63, 3.8) is 0 Å². The highest BCUT2D eigenvalue weighted by atomic mass is 16.2. The molecule has 0 radical (unpaired) electrons. The first kappa shape index (κ1) is 20.1. The summed E-state index contributed by atoms with van der Waals surface area (Å²) in [5, 5.41) is 10.1. The molecule has 0 aliphatic heterocycles. The molecule has 0 aliphatic carbocycles. The van der Waals surface area contributed by atoms with Gasteiger partial charge < -0.3 is 10.6 Å². The highest BCUT2D eigenvalue weighted by molar-refractivity contribution is 6.12. The van der Waals surface area contributed by atoms with Gasteiger partial charge in [0.05, 0.1) is 11.9 Å². The lowest BCUT2D eigenvalue weighted by atomic mass is 10.1. The Hall–Kier alpha value is -4.19. The van der Waals surface area contributed by atoms with E-state index < -0.39 is 0 Å². The van der Waals surface area contributed by atoms with Gasteiger partial charge in [0.15, 0.2) is 0 Å². The fourth-order valence-electron chi connectivity index (χ4n) is 3.29. The minimum atomic E-state index is -0.354. The zero-order chi connectivity index (χ0) is 21.8. The first-order chi connectivity index (χ1) is 15.0. The summed E-state index contributed by atoms with van der Waals surface area (Å²) >= 11 is 0. The second-order valence-corrected chi connectivity index (χ2v) is 7.30. The van der Waals surface area contributed by atoms with Crippen LogP contribution in [0.1, 0.15) is 31.8 Å². The Kier molecular flexibility index (Phi) is 5.62. The number of carbonyl (C=O) groups excluding carboxylic acids is 2. The van der Waals surface area contributed by atoms with Crippen LogP contribution in [-0.2, 0) is 0 Å². The largest absolute Gasteiger partial charge is 0.322 e. The molecule has 0 aliphatic rings. The lowest BCUT2D eigenvalue weighted by molar-refractivity contribution is 0.102. The molecule has 4 rings (SSSR count). The molecule has 2 amide bonds. The molecule has 0 bridgehead atoms. The maximum atomic E-state index is 13.0. The first-order valence-corrected chi connectivity index (χ1v) is 9.91. The van der Waals surface area contributed by atoms with Gasteiger partial charge in [-0.2, -0.15) is 5.10 Å². The van der Waals surface area contributed by atoms with Crippen LogP contribution in [0.15, 0.2) is 85.1 Å². The van der Waals surface area contributed by atoms with E-state index in [0.29, 0.717) is 17.1 Å². The number of nitrogens with one attached hydrogen (secondary N) is 2. The SMILES string of the molecule is Cc1cccc(NC(=O)c2cnn(-c3ccccc3)c2NC(=O)c2cccc(C)c2)c1. The monoisotopic (exact) mass is 410 g/mol. The van der Waals surface area contributed by atoms with E-state index >= 15 is 0 Å². The van der Waals surface area contributed by atoms with Crippen molar-refractivity contribution < 1.29 is 9.59 Å². The van der Waals surface area contributed by atoms with Gasteiger partial charge >= 0.3 is 0 Å². The number of carbonyl (C=O) groups is 2. The van der Waals surface area contributed by atoms with Crippen molar-refractivity contribution >= 4 is 23.3 Å². The van der Waals surface area contributed by atoms with Gasteiger partial charge in [0.25, 0.3) is 11.8 Å². The summed E-state index contributed by atoms with van der Waals surface area (Å²) in [6.07, 6.45) is 1.46. The predicted octanol–water partition coefficient (Wildman–Crippen LogP) is 4.99. The highest BCUT2D eigenvalue weighted by Gasteiger charge is 2.21. The van der Waals surface area contributed by atoms with E-state index in [-0.39, 0.29) is 17.4 Å². The predicted molar refractivity (Wildman–Crippen MR) is 122 cm³/mol. The van der Waals surface area contributed by atoms with Crippen LogP contribution in [0.25, 0.3) is 5.69 Å². The molecule has 0 saturated carbocycles. The van der Waals surface area contributed by atoms with E-state index in [1.54, 1.807) is 16.8 Å². The number of aryl methyl sites for hydroxylation is 2. The molecule has 0 unspecified atom stereocenters.